The average Bonchev–Trinajstić information content (AvgIpc) is 2.66. The third-order valence-electron chi connectivity index (χ3n) is 4.29. The third kappa shape index (κ3) is 3.32. The van der Waals surface area contributed by atoms with E-state index in [1.807, 2.05) is 4.90 Å². The van der Waals surface area contributed by atoms with E-state index in [-0.39, 0.29) is 30.4 Å². The summed E-state index contributed by atoms with van der Waals surface area (Å²) in [6.45, 7) is 5.83. The van der Waals surface area contributed by atoms with Crippen molar-refractivity contribution in [2.75, 3.05) is 26.2 Å². The van der Waals surface area contributed by atoms with E-state index in [2.05, 4.69) is 13.8 Å². The summed E-state index contributed by atoms with van der Waals surface area (Å²) in [5.74, 6) is 0.361. The molecule has 1 saturated carbocycles. The van der Waals surface area contributed by atoms with Crippen LogP contribution < -0.4 is 0 Å². The zero-order chi connectivity index (χ0) is 14.7. The van der Waals surface area contributed by atoms with Crippen LogP contribution in [0.4, 0.5) is 0 Å². The Morgan fingerprint density at radius 3 is 2.65 bits per heavy atom. The SMILES string of the molecule is CC(C)CN1CC(C(=O)N(CCO)C2CCC2)CC1=O. The van der Waals surface area contributed by atoms with Crippen LogP contribution in [0.3, 0.4) is 0 Å². The molecule has 0 bridgehead atoms. The van der Waals surface area contributed by atoms with Crippen molar-refractivity contribution in [1.29, 1.82) is 0 Å². The highest BCUT2D eigenvalue weighted by atomic mass is 16.3. The van der Waals surface area contributed by atoms with Gasteiger partial charge in [-0.1, -0.05) is 13.8 Å². The summed E-state index contributed by atoms with van der Waals surface area (Å²) in [5, 5.41) is 9.15. The molecule has 0 aromatic rings. The number of nitrogens with zero attached hydrogens (tertiary/aromatic N) is 2. The first-order chi connectivity index (χ1) is 9.52. The first-order valence-electron chi connectivity index (χ1n) is 7.72. The average molecular weight is 282 g/mol. The van der Waals surface area contributed by atoms with Gasteiger partial charge in [0.05, 0.1) is 12.5 Å². The summed E-state index contributed by atoms with van der Waals surface area (Å²) in [7, 11) is 0. The molecule has 1 unspecified atom stereocenters. The zero-order valence-corrected chi connectivity index (χ0v) is 12.5. The number of carbonyl (C=O) groups is 2. The number of aliphatic hydroxyl groups excluding tert-OH is 1. The van der Waals surface area contributed by atoms with Crippen LogP contribution in [0, 0.1) is 11.8 Å². The van der Waals surface area contributed by atoms with Gasteiger partial charge in [0.2, 0.25) is 11.8 Å². The molecule has 1 heterocycles. The summed E-state index contributed by atoms with van der Waals surface area (Å²) >= 11 is 0. The van der Waals surface area contributed by atoms with E-state index in [9.17, 15) is 9.59 Å². The maximum Gasteiger partial charge on any atom is 0.228 e. The molecule has 20 heavy (non-hydrogen) atoms. The van der Waals surface area contributed by atoms with E-state index in [4.69, 9.17) is 5.11 Å². The molecule has 2 rings (SSSR count). The predicted octanol–water partition coefficient (Wildman–Crippen LogP) is 0.864. The highest BCUT2D eigenvalue weighted by Crippen LogP contribution is 2.28. The molecule has 1 atom stereocenters. The molecule has 1 saturated heterocycles. The Labute approximate surface area is 120 Å². The minimum absolute atomic E-state index is 0.00137. The van der Waals surface area contributed by atoms with E-state index < -0.39 is 0 Å². The lowest BCUT2D eigenvalue weighted by molar-refractivity contribution is -0.140. The fourth-order valence-electron chi connectivity index (χ4n) is 3.07. The number of carbonyl (C=O) groups excluding carboxylic acids is 2. The Balaban J connectivity index is 1.96. The van der Waals surface area contributed by atoms with Crippen LogP contribution >= 0.6 is 0 Å². The zero-order valence-electron chi connectivity index (χ0n) is 12.5. The van der Waals surface area contributed by atoms with Crippen molar-refractivity contribution in [1.82, 2.24) is 9.80 Å². The van der Waals surface area contributed by atoms with Gasteiger partial charge in [-0.3, -0.25) is 9.59 Å². The van der Waals surface area contributed by atoms with Crippen molar-refractivity contribution < 1.29 is 14.7 Å². The molecular formula is C15H26N2O3. The lowest BCUT2D eigenvalue weighted by Gasteiger charge is -2.38. The number of aliphatic hydroxyl groups is 1. The first kappa shape index (κ1) is 15.3. The van der Waals surface area contributed by atoms with E-state index in [1.165, 1.54) is 0 Å². The van der Waals surface area contributed by atoms with Crippen molar-refractivity contribution in [2.45, 2.75) is 45.6 Å². The highest BCUT2D eigenvalue weighted by molar-refractivity contribution is 5.89. The van der Waals surface area contributed by atoms with Crippen LogP contribution in [0.25, 0.3) is 0 Å². The smallest absolute Gasteiger partial charge is 0.228 e. The molecule has 2 fully saturated rings. The second-order valence-corrected chi connectivity index (χ2v) is 6.43. The Bertz CT molecular complexity index is 366. The van der Waals surface area contributed by atoms with Gasteiger partial charge in [-0.25, -0.2) is 0 Å². The standard InChI is InChI=1S/C15H26N2O3/c1-11(2)9-16-10-12(8-14(16)19)15(20)17(6-7-18)13-4-3-5-13/h11-13,18H,3-10H2,1-2H3. The largest absolute Gasteiger partial charge is 0.395 e. The van der Waals surface area contributed by atoms with Crippen molar-refractivity contribution in [3.05, 3.63) is 0 Å². The fourth-order valence-corrected chi connectivity index (χ4v) is 3.07. The summed E-state index contributed by atoms with van der Waals surface area (Å²) in [6.07, 6.45) is 3.55. The number of amides is 2. The number of likely N-dealkylation sites (tertiary alicyclic amines) is 1. The van der Waals surface area contributed by atoms with Crippen molar-refractivity contribution >= 4 is 11.8 Å². The molecule has 2 amide bonds. The normalized spacial score (nSPS) is 23.3. The van der Waals surface area contributed by atoms with E-state index in [0.29, 0.717) is 25.4 Å². The van der Waals surface area contributed by atoms with E-state index in [0.717, 1.165) is 25.8 Å². The second-order valence-electron chi connectivity index (χ2n) is 6.43. The molecule has 1 aliphatic carbocycles. The molecule has 114 valence electrons. The van der Waals surface area contributed by atoms with E-state index in [1.54, 1.807) is 4.90 Å². The number of rotatable bonds is 6. The summed E-state index contributed by atoms with van der Waals surface area (Å²) in [6, 6.07) is 0.281. The maximum absolute atomic E-state index is 12.6. The molecule has 1 N–H and O–H groups in total. The summed E-state index contributed by atoms with van der Waals surface area (Å²) in [4.78, 5) is 28.2. The van der Waals surface area contributed by atoms with Crippen LogP contribution in [0.2, 0.25) is 0 Å². The molecule has 5 nitrogen and oxygen atoms in total. The molecule has 0 radical (unpaired) electrons. The molecule has 1 aliphatic heterocycles. The number of hydrogen-bond donors (Lipinski definition) is 1. The topological polar surface area (TPSA) is 60.9 Å². The Kier molecular flexibility index (Phi) is 5.02. The van der Waals surface area contributed by atoms with Crippen LogP contribution in [-0.4, -0.2) is 59.0 Å². The van der Waals surface area contributed by atoms with Gasteiger partial charge in [0.15, 0.2) is 0 Å². The molecular weight excluding hydrogens is 256 g/mol. The Morgan fingerprint density at radius 1 is 1.45 bits per heavy atom. The lowest BCUT2D eigenvalue weighted by atomic mass is 9.90. The molecule has 0 spiro atoms. The van der Waals surface area contributed by atoms with Gasteiger partial charge < -0.3 is 14.9 Å². The first-order valence-corrected chi connectivity index (χ1v) is 7.72. The van der Waals surface area contributed by atoms with Gasteiger partial charge in [-0.05, 0) is 25.2 Å². The molecule has 0 aromatic heterocycles. The van der Waals surface area contributed by atoms with Crippen LogP contribution in [0.15, 0.2) is 0 Å². The van der Waals surface area contributed by atoms with Crippen LogP contribution in [0.1, 0.15) is 39.5 Å². The maximum atomic E-state index is 12.6. The monoisotopic (exact) mass is 282 g/mol. The van der Waals surface area contributed by atoms with Crippen molar-refractivity contribution in [3.63, 3.8) is 0 Å². The lowest BCUT2D eigenvalue weighted by Crippen LogP contribution is -2.48. The second kappa shape index (κ2) is 6.57. The van der Waals surface area contributed by atoms with E-state index >= 15 is 0 Å². The quantitative estimate of drug-likeness (QED) is 0.786. The van der Waals surface area contributed by atoms with Gasteiger partial charge in [0, 0.05) is 32.1 Å². The van der Waals surface area contributed by atoms with Gasteiger partial charge >= 0.3 is 0 Å². The molecule has 2 aliphatic rings. The van der Waals surface area contributed by atoms with Crippen LogP contribution in [0.5, 0.6) is 0 Å². The third-order valence-corrected chi connectivity index (χ3v) is 4.29. The summed E-state index contributed by atoms with van der Waals surface area (Å²) < 4.78 is 0. The number of hydrogen-bond acceptors (Lipinski definition) is 3. The van der Waals surface area contributed by atoms with Crippen molar-refractivity contribution in [2.24, 2.45) is 11.8 Å². The van der Waals surface area contributed by atoms with Crippen LogP contribution in [-0.2, 0) is 9.59 Å². The minimum Gasteiger partial charge on any atom is -0.395 e. The minimum atomic E-state index is -0.214. The summed E-state index contributed by atoms with van der Waals surface area (Å²) in [5.41, 5.74) is 0. The highest BCUT2D eigenvalue weighted by Gasteiger charge is 2.39. The van der Waals surface area contributed by atoms with Gasteiger partial charge in [-0.15, -0.1) is 0 Å². The molecule has 0 aromatic carbocycles. The Morgan fingerprint density at radius 2 is 2.15 bits per heavy atom. The predicted molar refractivity (Wildman–Crippen MR) is 76.0 cm³/mol. The fraction of sp³-hybridized carbons (Fsp3) is 0.867. The molecule has 5 heteroatoms. The van der Waals surface area contributed by atoms with Gasteiger partial charge in [-0.2, -0.15) is 0 Å². The van der Waals surface area contributed by atoms with Gasteiger partial charge in [0.1, 0.15) is 0 Å². The van der Waals surface area contributed by atoms with Gasteiger partial charge in [0.25, 0.3) is 0 Å². The van der Waals surface area contributed by atoms with Crippen molar-refractivity contribution in [3.8, 4) is 0 Å². The Hall–Kier alpha value is -1.10.